The molecule has 1 rings (SSSR count). The number of carboxylic acids is 1. The maximum atomic E-state index is 11.8. The average molecular weight is 264 g/mol. The maximum absolute atomic E-state index is 11.8. The third-order valence-electron chi connectivity index (χ3n) is 2.90. The Morgan fingerprint density at radius 2 is 1.89 bits per heavy atom. The lowest BCUT2D eigenvalue weighted by molar-refractivity contribution is -0.139. The summed E-state index contributed by atoms with van der Waals surface area (Å²) in [5, 5.41) is 11.4. The van der Waals surface area contributed by atoms with Crippen LogP contribution < -0.4 is 5.32 Å². The van der Waals surface area contributed by atoms with Gasteiger partial charge >= 0.3 is 5.97 Å². The molecular formula is C14H20N2O3. The SMILES string of the molecule is Cc1ccc(CN(C)C(=O)CN[C@@H](C)C(=O)O)cc1. The van der Waals surface area contributed by atoms with E-state index in [-0.39, 0.29) is 12.5 Å². The van der Waals surface area contributed by atoms with E-state index in [1.165, 1.54) is 12.5 Å². The smallest absolute Gasteiger partial charge is 0.320 e. The van der Waals surface area contributed by atoms with Crippen LogP contribution in [0.25, 0.3) is 0 Å². The van der Waals surface area contributed by atoms with Crippen molar-refractivity contribution in [2.24, 2.45) is 0 Å². The van der Waals surface area contributed by atoms with E-state index in [1.54, 1.807) is 11.9 Å². The standard InChI is InChI=1S/C14H20N2O3/c1-10-4-6-12(7-5-10)9-16(3)13(17)8-15-11(2)14(18)19/h4-7,11,15H,8-9H2,1-3H3,(H,18,19)/t11-/m0/s1. The van der Waals surface area contributed by atoms with Gasteiger partial charge < -0.3 is 10.0 Å². The van der Waals surface area contributed by atoms with Crippen molar-refractivity contribution >= 4 is 11.9 Å². The zero-order chi connectivity index (χ0) is 14.4. The Labute approximate surface area is 113 Å². The van der Waals surface area contributed by atoms with Gasteiger partial charge in [-0.3, -0.25) is 14.9 Å². The van der Waals surface area contributed by atoms with Crippen molar-refractivity contribution in [3.8, 4) is 0 Å². The molecule has 1 aromatic carbocycles. The van der Waals surface area contributed by atoms with Crippen LogP contribution in [0, 0.1) is 6.92 Å². The van der Waals surface area contributed by atoms with Gasteiger partial charge in [0.2, 0.25) is 5.91 Å². The Bertz CT molecular complexity index is 443. The van der Waals surface area contributed by atoms with E-state index in [2.05, 4.69) is 5.32 Å². The number of carboxylic acid groups (broad SMARTS) is 1. The fourth-order valence-corrected chi connectivity index (χ4v) is 1.52. The molecule has 5 heteroatoms. The van der Waals surface area contributed by atoms with Crippen LogP contribution >= 0.6 is 0 Å². The average Bonchev–Trinajstić information content (AvgIpc) is 2.37. The second kappa shape index (κ2) is 6.89. The summed E-state index contributed by atoms with van der Waals surface area (Å²) in [4.78, 5) is 24.0. The largest absolute Gasteiger partial charge is 0.480 e. The summed E-state index contributed by atoms with van der Waals surface area (Å²) in [5.74, 6) is -1.09. The predicted molar refractivity (Wildman–Crippen MR) is 72.8 cm³/mol. The summed E-state index contributed by atoms with van der Waals surface area (Å²) in [7, 11) is 1.70. The lowest BCUT2D eigenvalue weighted by Gasteiger charge is -2.18. The van der Waals surface area contributed by atoms with Crippen LogP contribution in [-0.2, 0) is 16.1 Å². The van der Waals surface area contributed by atoms with Gasteiger partial charge in [-0.1, -0.05) is 29.8 Å². The molecule has 0 bridgehead atoms. The van der Waals surface area contributed by atoms with Gasteiger partial charge in [-0.05, 0) is 19.4 Å². The highest BCUT2D eigenvalue weighted by Crippen LogP contribution is 2.05. The van der Waals surface area contributed by atoms with E-state index in [0.29, 0.717) is 6.54 Å². The molecule has 1 atom stereocenters. The van der Waals surface area contributed by atoms with Gasteiger partial charge in [-0.25, -0.2) is 0 Å². The van der Waals surface area contributed by atoms with E-state index in [9.17, 15) is 9.59 Å². The van der Waals surface area contributed by atoms with E-state index < -0.39 is 12.0 Å². The Balaban J connectivity index is 2.44. The number of aliphatic carboxylic acids is 1. The first-order valence-electron chi connectivity index (χ1n) is 6.16. The quantitative estimate of drug-likeness (QED) is 0.804. The summed E-state index contributed by atoms with van der Waals surface area (Å²) in [6.45, 7) is 4.06. The number of nitrogens with one attached hydrogen (secondary N) is 1. The first-order valence-corrected chi connectivity index (χ1v) is 6.16. The van der Waals surface area contributed by atoms with Crippen LogP contribution in [0.4, 0.5) is 0 Å². The highest BCUT2D eigenvalue weighted by atomic mass is 16.4. The van der Waals surface area contributed by atoms with Gasteiger partial charge in [0.15, 0.2) is 0 Å². The van der Waals surface area contributed by atoms with E-state index in [4.69, 9.17) is 5.11 Å². The van der Waals surface area contributed by atoms with Crippen molar-refractivity contribution in [1.29, 1.82) is 0 Å². The molecule has 0 fully saturated rings. The molecule has 0 aliphatic carbocycles. The summed E-state index contributed by atoms with van der Waals surface area (Å²) in [6.07, 6.45) is 0. The monoisotopic (exact) mass is 264 g/mol. The molecule has 1 amide bonds. The molecule has 2 N–H and O–H groups in total. The molecule has 1 aromatic rings. The zero-order valence-corrected chi connectivity index (χ0v) is 11.5. The number of carbonyl (C=O) groups excluding carboxylic acids is 1. The Kier molecular flexibility index (Phi) is 5.51. The molecule has 0 heterocycles. The first-order chi connectivity index (χ1) is 8.90. The fraction of sp³-hybridized carbons (Fsp3) is 0.429. The maximum Gasteiger partial charge on any atom is 0.320 e. The highest BCUT2D eigenvalue weighted by Gasteiger charge is 2.14. The molecule has 0 unspecified atom stereocenters. The number of aryl methyl sites for hydroxylation is 1. The van der Waals surface area contributed by atoms with Gasteiger partial charge in [-0.2, -0.15) is 0 Å². The zero-order valence-electron chi connectivity index (χ0n) is 11.5. The van der Waals surface area contributed by atoms with Crippen LogP contribution in [0.3, 0.4) is 0 Å². The molecule has 0 saturated heterocycles. The van der Waals surface area contributed by atoms with Crippen LogP contribution in [0.2, 0.25) is 0 Å². The van der Waals surface area contributed by atoms with Crippen LogP contribution in [0.5, 0.6) is 0 Å². The second-order valence-corrected chi connectivity index (χ2v) is 4.68. The topological polar surface area (TPSA) is 69.6 Å². The van der Waals surface area contributed by atoms with Crippen LogP contribution in [-0.4, -0.2) is 41.5 Å². The van der Waals surface area contributed by atoms with E-state index in [0.717, 1.165) is 5.56 Å². The van der Waals surface area contributed by atoms with Crippen molar-refractivity contribution < 1.29 is 14.7 Å². The number of carbonyl (C=O) groups is 2. The van der Waals surface area contributed by atoms with E-state index >= 15 is 0 Å². The van der Waals surface area contributed by atoms with Crippen molar-refractivity contribution in [3.63, 3.8) is 0 Å². The molecule has 0 saturated carbocycles. The number of hydrogen-bond donors (Lipinski definition) is 2. The van der Waals surface area contributed by atoms with Gasteiger partial charge in [0.25, 0.3) is 0 Å². The van der Waals surface area contributed by atoms with Crippen LogP contribution in [0.15, 0.2) is 24.3 Å². The summed E-state index contributed by atoms with van der Waals surface area (Å²) in [5.41, 5.74) is 2.22. The molecule has 0 aliphatic heterocycles. The Morgan fingerprint density at radius 1 is 1.32 bits per heavy atom. The molecule has 0 aromatic heterocycles. The second-order valence-electron chi connectivity index (χ2n) is 4.68. The van der Waals surface area contributed by atoms with Gasteiger partial charge in [0.05, 0.1) is 6.54 Å². The van der Waals surface area contributed by atoms with Crippen molar-refractivity contribution in [2.75, 3.05) is 13.6 Å². The normalized spacial score (nSPS) is 11.9. The third-order valence-corrected chi connectivity index (χ3v) is 2.90. The number of benzene rings is 1. The number of rotatable bonds is 6. The molecule has 0 spiro atoms. The van der Waals surface area contributed by atoms with Gasteiger partial charge in [0, 0.05) is 13.6 Å². The molecular weight excluding hydrogens is 244 g/mol. The molecule has 19 heavy (non-hydrogen) atoms. The van der Waals surface area contributed by atoms with E-state index in [1.807, 2.05) is 31.2 Å². The third kappa shape index (κ3) is 5.09. The molecule has 0 aliphatic rings. The number of amides is 1. The van der Waals surface area contributed by atoms with Crippen molar-refractivity contribution in [1.82, 2.24) is 10.2 Å². The summed E-state index contributed by atoms with van der Waals surface area (Å²) < 4.78 is 0. The van der Waals surface area contributed by atoms with Crippen LogP contribution in [0.1, 0.15) is 18.1 Å². The molecule has 5 nitrogen and oxygen atoms in total. The Morgan fingerprint density at radius 3 is 2.42 bits per heavy atom. The van der Waals surface area contributed by atoms with Gasteiger partial charge in [-0.15, -0.1) is 0 Å². The Hall–Kier alpha value is -1.88. The summed E-state index contributed by atoms with van der Waals surface area (Å²) in [6, 6.07) is 7.23. The number of hydrogen-bond acceptors (Lipinski definition) is 3. The van der Waals surface area contributed by atoms with Crippen molar-refractivity contribution in [2.45, 2.75) is 26.4 Å². The minimum Gasteiger partial charge on any atom is -0.480 e. The highest BCUT2D eigenvalue weighted by molar-refractivity contribution is 5.79. The number of likely N-dealkylation sites (N-methyl/N-ethyl adjacent to an activating group) is 1. The van der Waals surface area contributed by atoms with Crippen molar-refractivity contribution in [3.05, 3.63) is 35.4 Å². The minimum absolute atomic E-state index is 0.0236. The lowest BCUT2D eigenvalue weighted by Crippen LogP contribution is -2.41. The van der Waals surface area contributed by atoms with Gasteiger partial charge in [0.1, 0.15) is 6.04 Å². The lowest BCUT2D eigenvalue weighted by atomic mass is 10.1. The first kappa shape index (κ1) is 15.2. The predicted octanol–water partition coefficient (Wildman–Crippen LogP) is 1.02. The fourth-order valence-electron chi connectivity index (χ4n) is 1.52. The molecule has 104 valence electrons. The summed E-state index contributed by atoms with van der Waals surface area (Å²) >= 11 is 0. The number of nitrogens with zero attached hydrogens (tertiary/aromatic N) is 1. The minimum atomic E-state index is -0.964. The molecule has 0 radical (unpaired) electrons.